The highest BCUT2D eigenvalue weighted by molar-refractivity contribution is 5.50. The molecule has 0 aliphatic carbocycles. The summed E-state index contributed by atoms with van der Waals surface area (Å²) in [5.74, 6) is 1.94. The number of methoxy groups -OCH3 is 1. The van der Waals surface area contributed by atoms with Gasteiger partial charge in [-0.05, 0) is 19.8 Å². The Morgan fingerprint density at radius 2 is 2.10 bits per heavy atom. The third-order valence-electron chi connectivity index (χ3n) is 4.01. The highest BCUT2D eigenvalue weighted by atomic mass is 16.5. The van der Waals surface area contributed by atoms with Crippen LogP contribution in [0.5, 0.6) is 0 Å². The maximum Gasteiger partial charge on any atom is 0.131 e. The molecule has 21 heavy (non-hydrogen) atoms. The van der Waals surface area contributed by atoms with Gasteiger partial charge in [0, 0.05) is 45.9 Å². The number of hydrogen-bond acceptors (Lipinski definition) is 4. The van der Waals surface area contributed by atoms with Crippen molar-refractivity contribution in [1.82, 2.24) is 15.1 Å². The van der Waals surface area contributed by atoms with E-state index in [0.717, 1.165) is 38.5 Å². The van der Waals surface area contributed by atoms with Crippen molar-refractivity contribution < 1.29 is 4.74 Å². The van der Waals surface area contributed by atoms with Crippen LogP contribution < -0.4 is 10.2 Å². The Morgan fingerprint density at radius 1 is 1.38 bits per heavy atom. The number of aromatic nitrogens is 2. The topological polar surface area (TPSA) is 42.3 Å². The first kappa shape index (κ1) is 18.0. The van der Waals surface area contributed by atoms with Gasteiger partial charge in [-0.3, -0.25) is 4.68 Å². The first-order chi connectivity index (χ1) is 10.0. The predicted molar refractivity (Wildman–Crippen MR) is 88.9 cm³/mol. The molecule has 1 unspecified atom stereocenters. The van der Waals surface area contributed by atoms with Crippen LogP contribution in [0, 0.1) is 12.8 Å². The molecule has 1 aromatic rings. The second-order valence-corrected chi connectivity index (χ2v) is 5.73. The second-order valence-electron chi connectivity index (χ2n) is 5.73. The zero-order valence-corrected chi connectivity index (χ0v) is 14.6. The lowest BCUT2D eigenvalue weighted by atomic mass is 10.1. The van der Waals surface area contributed by atoms with Gasteiger partial charge in [-0.2, -0.15) is 5.10 Å². The van der Waals surface area contributed by atoms with Crippen molar-refractivity contribution in [2.75, 3.05) is 38.3 Å². The fourth-order valence-corrected chi connectivity index (χ4v) is 2.55. The summed E-state index contributed by atoms with van der Waals surface area (Å²) in [6.45, 7) is 13.4. The molecule has 5 heteroatoms. The average molecular weight is 296 g/mol. The Balaban J connectivity index is 2.87. The van der Waals surface area contributed by atoms with Gasteiger partial charge >= 0.3 is 0 Å². The van der Waals surface area contributed by atoms with E-state index in [9.17, 15) is 0 Å². The van der Waals surface area contributed by atoms with Crippen LogP contribution in [0.1, 0.15) is 38.4 Å². The molecule has 0 aliphatic heterocycles. The molecule has 0 fully saturated rings. The van der Waals surface area contributed by atoms with Crippen LogP contribution in [0.15, 0.2) is 0 Å². The molecule has 0 bridgehead atoms. The predicted octanol–water partition coefficient (Wildman–Crippen LogP) is 2.34. The van der Waals surface area contributed by atoms with E-state index in [1.807, 2.05) is 11.7 Å². The first-order valence-corrected chi connectivity index (χ1v) is 8.02. The summed E-state index contributed by atoms with van der Waals surface area (Å²) in [6.07, 6.45) is 1.20. The first-order valence-electron chi connectivity index (χ1n) is 8.02. The summed E-state index contributed by atoms with van der Waals surface area (Å²) in [5, 5.41) is 8.05. The zero-order valence-electron chi connectivity index (χ0n) is 14.6. The molecule has 0 spiro atoms. The van der Waals surface area contributed by atoms with Crippen molar-refractivity contribution in [3.63, 3.8) is 0 Å². The maximum atomic E-state index is 5.09. The van der Waals surface area contributed by atoms with Crippen LogP contribution in [0.2, 0.25) is 0 Å². The van der Waals surface area contributed by atoms with E-state index in [1.54, 1.807) is 7.11 Å². The van der Waals surface area contributed by atoms with E-state index in [-0.39, 0.29) is 0 Å². The van der Waals surface area contributed by atoms with Crippen LogP contribution in [-0.2, 0) is 18.3 Å². The molecule has 1 atom stereocenters. The third-order valence-corrected chi connectivity index (χ3v) is 4.01. The van der Waals surface area contributed by atoms with E-state index in [1.165, 1.54) is 17.8 Å². The van der Waals surface area contributed by atoms with Crippen LogP contribution in [-0.4, -0.2) is 43.1 Å². The monoisotopic (exact) mass is 296 g/mol. The summed E-state index contributed by atoms with van der Waals surface area (Å²) in [4.78, 5) is 2.45. The van der Waals surface area contributed by atoms with Crippen molar-refractivity contribution in [3.05, 3.63) is 11.3 Å². The lowest BCUT2D eigenvalue weighted by molar-refractivity contribution is 0.199. The maximum absolute atomic E-state index is 5.09. The number of nitrogens with one attached hydrogen (secondary N) is 1. The summed E-state index contributed by atoms with van der Waals surface area (Å²) < 4.78 is 7.11. The number of hydrogen-bond donors (Lipinski definition) is 1. The molecule has 5 nitrogen and oxygen atoms in total. The van der Waals surface area contributed by atoms with E-state index in [2.05, 4.69) is 43.0 Å². The minimum atomic E-state index is 0.689. The molecule has 0 aromatic carbocycles. The average Bonchev–Trinajstić information content (AvgIpc) is 2.75. The standard InChI is InChI=1S/C16H32N4O/c1-7-13(3)12-20(8-2)16-15(11-17-9-10-21-6)14(4)18-19(16)5/h13,17H,7-12H2,1-6H3. The zero-order chi connectivity index (χ0) is 15.8. The van der Waals surface area contributed by atoms with Crippen LogP contribution in [0.3, 0.4) is 0 Å². The Hall–Kier alpha value is -1.07. The summed E-state index contributed by atoms with van der Waals surface area (Å²) in [5.41, 5.74) is 2.42. The molecule has 0 saturated carbocycles. The molecule has 1 N–H and O–H groups in total. The van der Waals surface area contributed by atoms with Gasteiger partial charge in [0.05, 0.1) is 12.3 Å². The highest BCUT2D eigenvalue weighted by Crippen LogP contribution is 2.24. The number of anilines is 1. The number of rotatable bonds is 10. The third kappa shape index (κ3) is 5.00. The molecule has 1 heterocycles. The van der Waals surface area contributed by atoms with Gasteiger partial charge in [0.25, 0.3) is 0 Å². The molecular weight excluding hydrogens is 264 g/mol. The van der Waals surface area contributed by atoms with Crippen LogP contribution in [0.4, 0.5) is 5.82 Å². The molecule has 0 radical (unpaired) electrons. The minimum Gasteiger partial charge on any atom is -0.383 e. The summed E-state index contributed by atoms with van der Waals surface area (Å²) in [6, 6.07) is 0. The van der Waals surface area contributed by atoms with Gasteiger partial charge < -0.3 is 15.0 Å². The fourth-order valence-electron chi connectivity index (χ4n) is 2.55. The lowest BCUT2D eigenvalue weighted by Gasteiger charge is -2.27. The van der Waals surface area contributed by atoms with Crippen LogP contribution >= 0.6 is 0 Å². The smallest absolute Gasteiger partial charge is 0.131 e. The van der Waals surface area contributed by atoms with Gasteiger partial charge in [0.1, 0.15) is 5.82 Å². The van der Waals surface area contributed by atoms with Crippen molar-refractivity contribution in [2.24, 2.45) is 13.0 Å². The molecule has 0 amide bonds. The molecule has 122 valence electrons. The summed E-state index contributed by atoms with van der Waals surface area (Å²) in [7, 11) is 3.77. The van der Waals surface area contributed by atoms with Gasteiger partial charge in [0.2, 0.25) is 0 Å². The van der Waals surface area contributed by atoms with E-state index >= 15 is 0 Å². The van der Waals surface area contributed by atoms with Crippen LogP contribution in [0.25, 0.3) is 0 Å². The van der Waals surface area contributed by atoms with Crippen molar-refractivity contribution in [3.8, 4) is 0 Å². The molecule has 1 aromatic heterocycles. The van der Waals surface area contributed by atoms with Crippen molar-refractivity contribution in [2.45, 2.75) is 40.7 Å². The highest BCUT2D eigenvalue weighted by Gasteiger charge is 2.19. The Morgan fingerprint density at radius 3 is 2.67 bits per heavy atom. The number of nitrogens with zero attached hydrogens (tertiary/aromatic N) is 3. The molecule has 0 saturated heterocycles. The molecular formula is C16H32N4O. The fraction of sp³-hybridized carbons (Fsp3) is 0.812. The largest absolute Gasteiger partial charge is 0.383 e. The van der Waals surface area contributed by atoms with Gasteiger partial charge in [-0.15, -0.1) is 0 Å². The number of aryl methyl sites for hydroxylation is 2. The van der Waals surface area contributed by atoms with Crippen molar-refractivity contribution in [1.29, 1.82) is 0 Å². The number of ether oxygens (including phenoxy) is 1. The van der Waals surface area contributed by atoms with Gasteiger partial charge in [-0.25, -0.2) is 0 Å². The molecule has 1 rings (SSSR count). The van der Waals surface area contributed by atoms with E-state index in [4.69, 9.17) is 4.74 Å². The SMILES string of the molecule is CCC(C)CN(CC)c1c(CNCCOC)c(C)nn1C. The normalized spacial score (nSPS) is 12.7. The Bertz CT molecular complexity index is 417. The Labute approximate surface area is 129 Å². The Kier molecular flexibility index (Phi) is 7.75. The second kappa shape index (κ2) is 9.05. The van der Waals surface area contributed by atoms with E-state index < -0.39 is 0 Å². The minimum absolute atomic E-state index is 0.689. The van der Waals surface area contributed by atoms with E-state index in [0.29, 0.717) is 5.92 Å². The molecule has 0 aliphatic rings. The quantitative estimate of drug-likeness (QED) is 0.673. The lowest BCUT2D eigenvalue weighted by Crippen LogP contribution is -2.31. The van der Waals surface area contributed by atoms with Gasteiger partial charge in [-0.1, -0.05) is 20.3 Å². The summed E-state index contributed by atoms with van der Waals surface area (Å²) >= 11 is 0. The van der Waals surface area contributed by atoms with Crippen molar-refractivity contribution >= 4 is 5.82 Å². The van der Waals surface area contributed by atoms with Gasteiger partial charge in [0.15, 0.2) is 0 Å².